The molecule has 0 atom stereocenters. The summed E-state index contributed by atoms with van der Waals surface area (Å²) in [7, 11) is 0. The fourth-order valence-corrected chi connectivity index (χ4v) is 4.29. The molecule has 1 heterocycles. The van der Waals surface area contributed by atoms with Crippen molar-refractivity contribution in [2.75, 3.05) is 6.61 Å². The minimum Gasteiger partial charge on any atom is -0.492 e. The Hall–Kier alpha value is -4.20. The number of aliphatic carboxylic acids is 1. The third kappa shape index (κ3) is 5.89. The molecule has 1 amide bonds. The molecule has 1 aliphatic carbocycles. The van der Waals surface area contributed by atoms with Crippen molar-refractivity contribution >= 4 is 23.7 Å². The minimum atomic E-state index is -1.20. The Morgan fingerprint density at radius 1 is 1.14 bits per heavy atom. The van der Waals surface area contributed by atoms with Crippen LogP contribution in [0.2, 0.25) is 0 Å². The smallest absolute Gasteiger partial charge is 0.329 e. The van der Waals surface area contributed by atoms with Gasteiger partial charge in [-0.25, -0.2) is 9.78 Å². The van der Waals surface area contributed by atoms with Crippen LogP contribution in [-0.2, 0) is 11.3 Å². The lowest BCUT2D eigenvalue weighted by Crippen LogP contribution is -2.52. The molecule has 36 heavy (non-hydrogen) atoms. The second-order valence-corrected chi connectivity index (χ2v) is 8.98. The van der Waals surface area contributed by atoms with Crippen molar-refractivity contribution in [3.63, 3.8) is 0 Å². The van der Waals surface area contributed by atoms with Gasteiger partial charge in [0.25, 0.3) is 5.91 Å². The monoisotopic (exact) mass is 487 g/mol. The number of allylic oxidation sites excluding steroid dienone is 1. The van der Waals surface area contributed by atoms with Crippen molar-refractivity contribution in [3.8, 4) is 5.75 Å². The van der Waals surface area contributed by atoms with Gasteiger partial charge in [0, 0.05) is 18.0 Å². The van der Waals surface area contributed by atoms with Crippen LogP contribution in [0.5, 0.6) is 5.75 Å². The van der Waals surface area contributed by atoms with E-state index < -0.39 is 17.4 Å². The minimum absolute atomic E-state index is 0.210. The first kappa shape index (κ1) is 24.9. The number of aromatic nitrogens is 2. The average Bonchev–Trinajstić information content (AvgIpc) is 3.54. The van der Waals surface area contributed by atoms with Crippen molar-refractivity contribution in [3.05, 3.63) is 89.5 Å². The number of carbonyl (C=O) groups excluding carboxylic acids is 2. The second kappa shape index (κ2) is 11.0. The number of carboxylic acids is 1. The first-order chi connectivity index (χ1) is 17.4. The van der Waals surface area contributed by atoms with Crippen LogP contribution in [0.15, 0.2) is 67.0 Å². The summed E-state index contributed by atoms with van der Waals surface area (Å²) in [5, 5.41) is 12.3. The van der Waals surface area contributed by atoms with Gasteiger partial charge in [-0.3, -0.25) is 9.59 Å². The lowest BCUT2D eigenvalue weighted by Gasteiger charge is -2.25. The normalized spacial score (nSPS) is 14.6. The van der Waals surface area contributed by atoms with Crippen LogP contribution in [0, 0.1) is 6.92 Å². The van der Waals surface area contributed by atoms with E-state index in [0.717, 1.165) is 24.0 Å². The molecular formula is C28H29N3O5. The Morgan fingerprint density at radius 2 is 1.89 bits per heavy atom. The fourth-order valence-electron chi connectivity index (χ4n) is 4.29. The number of amides is 1. The molecule has 0 saturated heterocycles. The van der Waals surface area contributed by atoms with Gasteiger partial charge in [0.1, 0.15) is 17.9 Å². The van der Waals surface area contributed by atoms with Crippen LogP contribution >= 0.6 is 0 Å². The quantitative estimate of drug-likeness (QED) is 0.326. The van der Waals surface area contributed by atoms with Gasteiger partial charge in [0.15, 0.2) is 5.82 Å². The molecule has 8 nitrogen and oxygen atoms in total. The third-order valence-electron chi connectivity index (χ3n) is 6.36. The number of benzene rings is 2. The van der Waals surface area contributed by atoms with Crippen LogP contribution in [0.25, 0.3) is 6.08 Å². The molecule has 0 spiro atoms. The maximum atomic E-state index is 12.7. The van der Waals surface area contributed by atoms with Crippen LogP contribution < -0.4 is 10.1 Å². The van der Waals surface area contributed by atoms with Crippen LogP contribution in [0.4, 0.5) is 0 Å². The van der Waals surface area contributed by atoms with Crippen LogP contribution in [0.1, 0.15) is 57.8 Å². The molecule has 8 heteroatoms. The molecule has 1 saturated carbocycles. The van der Waals surface area contributed by atoms with E-state index in [4.69, 9.17) is 4.74 Å². The van der Waals surface area contributed by atoms with Gasteiger partial charge in [-0.1, -0.05) is 54.8 Å². The highest BCUT2D eigenvalue weighted by atomic mass is 16.5. The van der Waals surface area contributed by atoms with Crippen molar-refractivity contribution in [2.24, 2.45) is 0 Å². The number of nitrogens with zero attached hydrogens (tertiary/aromatic N) is 2. The van der Waals surface area contributed by atoms with Crippen LogP contribution in [-0.4, -0.2) is 44.5 Å². The molecule has 2 aromatic carbocycles. The predicted molar refractivity (Wildman–Crippen MR) is 135 cm³/mol. The summed E-state index contributed by atoms with van der Waals surface area (Å²) in [6, 6.07) is 14.5. The maximum absolute atomic E-state index is 12.7. The van der Waals surface area contributed by atoms with E-state index in [1.807, 2.05) is 31.2 Å². The molecule has 4 rings (SSSR count). The van der Waals surface area contributed by atoms with Gasteiger partial charge in [-0.05, 0) is 49.6 Å². The van der Waals surface area contributed by atoms with E-state index >= 15 is 0 Å². The highest BCUT2D eigenvalue weighted by Crippen LogP contribution is 2.30. The molecule has 0 aliphatic heterocycles. The van der Waals surface area contributed by atoms with Gasteiger partial charge >= 0.3 is 5.97 Å². The summed E-state index contributed by atoms with van der Waals surface area (Å²) >= 11 is 0. The van der Waals surface area contributed by atoms with E-state index in [2.05, 4.69) is 10.3 Å². The first-order valence-electron chi connectivity index (χ1n) is 12.0. The summed E-state index contributed by atoms with van der Waals surface area (Å²) in [5.41, 5.74) is 1.21. The molecule has 0 bridgehead atoms. The lowest BCUT2D eigenvalue weighted by atomic mass is 9.97. The molecule has 0 unspecified atom stereocenters. The van der Waals surface area contributed by atoms with Gasteiger partial charge in [-0.15, -0.1) is 0 Å². The van der Waals surface area contributed by atoms with Gasteiger partial charge in [0.2, 0.25) is 5.78 Å². The highest BCUT2D eigenvalue weighted by Gasteiger charge is 2.42. The standard InChI is InChI=1S/C28H29N3O5/c1-20-7-9-21(10-8-20)11-12-24(32)25-29-15-16-31(25)17-18-36-23-6-4-5-22(19-23)26(33)30-28(27(34)35)13-2-3-14-28/h4-12,15-16,19H,2-3,13-14,17-18H2,1H3,(H,30,33)(H,34,35)/b12-11+. The molecule has 2 N–H and O–H groups in total. The molecule has 0 radical (unpaired) electrons. The Kier molecular flexibility index (Phi) is 7.63. The summed E-state index contributed by atoms with van der Waals surface area (Å²) in [6.07, 6.45) is 8.94. The number of hydrogen-bond donors (Lipinski definition) is 2. The van der Waals surface area contributed by atoms with Crippen molar-refractivity contribution in [2.45, 2.75) is 44.7 Å². The zero-order valence-corrected chi connectivity index (χ0v) is 20.1. The SMILES string of the molecule is Cc1ccc(/C=C/C(=O)c2nccn2CCOc2cccc(C(=O)NC3(C(=O)O)CCCC3)c2)cc1. The third-order valence-corrected chi connectivity index (χ3v) is 6.36. The number of aryl methyl sites for hydroxylation is 1. The molecule has 1 aliphatic rings. The summed E-state index contributed by atoms with van der Waals surface area (Å²) in [5.74, 6) is -0.859. The average molecular weight is 488 g/mol. The number of rotatable bonds is 10. The number of ketones is 1. The van der Waals surface area contributed by atoms with Gasteiger partial charge < -0.3 is 19.7 Å². The van der Waals surface area contributed by atoms with Gasteiger partial charge in [0.05, 0.1) is 6.54 Å². The number of carboxylic acid groups (broad SMARTS) is 1. The maximum Gasteiger partial charge on any atom is 0.329 e. The predicted octanol–water partition coefficient (Wildman–Crippen LogP) is 4.29. The molecule has 186 valence electrons. The number of ether oxygens (including phenoxy) is 1. The summed E-state index contributed by atoms with van der Waals surface area (Å²) in [4.78, 5) is 41.3. The van der Waals surface area contributed by atoms with Gasteiger partial charge in [-0.2, -0.15) is 0 Å². The van der Waals surface area contributed by atoms with E-state index in [1.54, 1.807) is 47.3 Å². The highest BCUT2D eigenvalue weighted by molar-refractivity contribution is 6.04. The largest absolute Gasteiger partial charge is 0.492 e. The van der Waals surface area contributed by atoms with Crippen molar-refractivity contribution in [1.29, 1.82) is 0 Å². The van der Waals surface area contributed by atoms with E-state index in [-0.39, 0.29) is 12.4 Å². The fraction of sp³-hybridized carbons (Fsp3) is 0.286. The Balaban J connectivity index is 1.34. The molecule has 3 aromatic rings. The number of carbonyl (C=O) groups is 3. The van der Waals surface area contributed by atoms with E-state index in [0.29, 0.717) is 36.5 Å². The Labute approximate surface area is 209 Å². The van der Waals surface area contributed by atoms with E-state index in [9.17, 15) is 19.5 Å². The van der Waals surface area contributed by atoms with Crippen molar-refractivity contribution in [1.82, 2.24) is 14.9 Å². The summed E-state index contributed by atoms with van der Waals surface area (Å²) < 4.78 is 7.53. The number of hydrogen-bond acceptors (Lipinski definition) is 5. The number of imidazole rings is 1. The Morgan fingerprint density at radius 3 is 2.61 bits per heavy atom. The Bertz CT molecular complexity index is 1270. The first-order valence-corrected chi connectivity index (χ1v) is 12.0. The second-order valence-electron chi connectivity index (χ2n) is 8.98. The zero-order valence-electron chi connectivity index (χ0n) is 20.1. The van der Waals surface area contributed by atoms with Crippen molar-refractivity contribution < 1.29 is 24.2 Å². The number of nitrogens with one attached hydrogen (secondary N) is 1. The molecule has 1 aromatic heterocycles. The zero-order chi connectivity index (χ0) is 25.5. The topological polar surface area (TPSA) is 111 Å². The van der Waals surface area contributed by atoms with E-state index in [1.165, 1.54) is 6.08 Å². The molecule has 1 fully saturated rings. The van der Waals surface area contributed by atoms with Crippen LogP contribution in [0.3, 0.4) is 0 Å². The summed E-state index contributed by atoms with van der Waals surface area (Å²) in [6.45, 7) is 2.65. The lowest BCUT2D eigenvalue weighted by molar-refractivity contribution is -0.144. The molecular weight excluding hydrogens is 458 g/mol.